The first kappa shape index (κ1) is 19.5. The smallest absolute Gasteiger partial charge is 0.262 e. The number of nitrogens with one attached hydrogen (secondary N) is 1. The summed E-state index contributed by atoms with van der Waals surface area (Å²) in [6.07, 6.45) is 0. The molecule has 0 radical (unpaired) electrons. The van der Waals surface area contributed by atoms with Crippen molar-refractivity contribution < 1.29 is 23.4 Å². The number of halogens is 2. The zero-order chi connectivity index (χ0) is 19.1. The van der Waals surface area contributed by atoms with E-state index in [4.69, 9.17) is 19.5 Å². The van der Waals surface area contributed by atoms with E-state index in [1.807, 2.05) is 6.07 Å². The van der Waals surface area contributed by atoms with Crippen LogP contribution >= 0.6 is 15.9 Å². The molecule has 6 nitrogen and oxygen atoms in total. The lowest BCUT2D eigenvalue weighted by Gasteiger charge is -2.14. The number of carbonyl (C=O) groups excluding carboxylic acids is 1. The Labute approximate surface area is 158 Å². The first-order valence-corrected chi connectivity index (χ1v) is 8.40. The average Bonchev–Trinajstić information content (AvgIpc) is 2.61. The van der Waals surface area contributed by atoms with Gasteiger partial charge in [0.15, 0.2) is 29.7 Å². The summed E-state index contributed by atoms with van der Waals surface area (Å²) in [6, 6.07) is 9.19. The standard InChI is InChI=1S/C18H16BrFN2O4/c1-3-25-16-7-11(9-21)6-13(19)18(16)26-10-17(23)22-12-4-5-15(24-2)14(20)8-12/h4-8H,3,10H2,1-2H3,(H,22,23). The molecule has 1 amide bonds. The highest BCUT2D eigenvalue weighted by Gasteiger charge is 2.14. The van der Waals surface area contributed by atoms with Crippen LogP contribution in [0.5, 0.6) is 17.2 Å². The van der Waals surface area contributed by atoms with Crippen LogP contribution in [-0.2, 0) is 4.79 Å². The van der Waals surface area contributed by atoms with Gasteiger partial charge in [0.2, 0.25) is 0 Å². The molecule has 2 aromatic rings. The third kappa shape index (κ3) is 4.86. The number of benzene rings is 2. The number of ether oxygens (including phenoxy) is 3. The van der Waals surface area contributed by atoms with Crippen LogP contribution in [0.15, 0.2) is 34.8 Å². The Hall–Kier alpha value is -2.79. The van der Waals surface area contributed by atoms with Crippen molar-refractivity contribution in [2.75, 3.05) is 25.6 Å². The Bertz CT molecular complexity index is 852. The lowest BCUT2D eigenvalue weighted by atomic mass is 10.2. The molecule has 0 aromatic heterocycles. The molecule has 0 saturated heterocycles. The van der Waals surface area contributed by atoms with E-state index in [2.05, 4.69) is 21.2 Å². The summed E-state index contributed by atoms with van der Waals surface area (Å²) in [6.45, 7) is 1.84. The fourth-order valence-corrected chi connectivity index (χ4v) is 2.67. The summed E-state index contributed by atoms with van der Waals surface area (Å²) < 4.78 is 29.9. The van der Waals surface area contributed by atoms with Crippen molar-refractivity contribution in [3.63, 3.8) is 0 Å². The van der Waals surface area contributed by atoms with Crippen molar-refractivity contribution >= 4 is 27.5 Å². The van der Waals surface area contributed by atoms with Crippen molar-refractivity contribution in [3.8, 4) is 23.3 Å². The number of nitriles is 1. The molecule has 0 fully saturated rings. The molecular weight excluding hydrogens is 407 g/mol. The van der Waals surface area contributed by atoms with Gasteiger partial charge in [0.05, 0.1) is 29.8 Å². The largest absolute Gasteiger partial charge is 0.494 e. The Morgan fingerprint density at radius 3 is 2.65 bits per heavy atom. The normalized spacial score (nSPS) is 9.96. The van der Waals surface area contributed by atoms with E-state index < -0.39 is 11.7 Å². The topological polar surface area (TPSA) is 80.6 Å². The van der Waals surface area contributed by atoms with Crippen LogP contribution in [-0.4, -0.2) is 26.2 Å². The number of amides is 1. The summed E-state index contributed by atoms with van der Waals surface area (Å²) in [5.74, 6) is -0.321. The van der Waals surface area contributed by atoms with Gasteiger partial charge in [-0.15, -0.1) is 0 Å². The average molecular weight is 423 g/mol. The third-order valence-corrected chi connectivity index (χ3v) is 3.81. The number of methoxy groups -OCH3 is 1. The van der Waals surface area contributed by atoms with Crippen LogP contribution in [0.2, 0.25) is 0 Å². The Balaban J connectivity index is 2.07. The molecule has 0 saturated carbocycles. The highest BCUT2D eigenvalue weighted by Crippen LogP contribution is 2.36. The van der Waals surface area contributed by atoms with E-state index in [-0.39, 0.29) is 18.0 Å². The van der Waals surface area contributed by atoms with Gasteiger partial charge in [-0.2, -0.15) is 5.26 Å². The van der Waals surface area contributed by atoms with Crippen molar-refractivity contribution in [3.05, 3.63) is 46.2 Å². The van der Waals surface area contributed by atoms with Crippen LogP contribution in [0.3, 0.4) is 0 Å². The van der Waals surface area contributed by atoms with E-state index >= 15 is 0 Å². The maximum atomic E-state index is 13.7. The number of rotatable bonds is 7. The van der Waals surface area contributed by atoms with Crippen LogP contribution in [0.4, 0.5) is 10.1 Å². The van der Waals surface area contributed by atoms with Crippen molar-refractivity contribution in [2.24, 2.45) is 0 Å². The van der Waals surface area contributed by atoms with Crippen LogP contribution < -0.4 is 19.5 Å². The molecule has 0 spiro atoms. The predicted molar refractivity (Wildman–Crippen MR) is 97.1 cm³/mol. The molecule has 0 bridgehead atoms. The Morgan fingerprint density at radius 2 is 2.04 bits per heavy atom. The summed E-state index contributed by atoms with van der Waals surface area (Å²) in [7, 11) is 1.36. The molecule has 136 valence electrons. The number of carbonyl (C=O) groups is 1. The number of anilines is 1. The molecule has 0 aliphatic carbocycles. The second kappa shape index (κ2) is 9.06. The maximum Gasteiger partial charge on any atom is 0.262 e. The predicted octanol–water partition coefficient (Wildman–Crippen LogP) is 3.88. The van der Waals surface area contributed by atoms with Crippen LogP contribution in [0.25, 0.3) is 0 Å². The Kier molecular flexibility index (Phi) is 6.81. The van der Waals surface area contributed by atoms with Crippen molar-refractivity contribution in [1.82, 2.24) is 0 Å². The highest BCUT2D eigenvalue weighted by molar-refractivity contribution is 9.10. The fraction of sp³-hybridized carbons (Fsp3) is 0.222. The lowest BCUT2D eigenvalue weighted by Crippen LogP contribution is -2.20. The van der Waals surface area contributed by atoms with Gasteiger partial charge >= 0.3 is 0 Å². The van der Waals surface area contributed by atoms with Crippen LogP contribution in [0.1, 0.15) is 12.5 Å². The quantitative estimate of drug-likeness (QED) is 0.731. The summed E-state index contributed by atoms with van der Waals surface area (Å²) >= 11 is 3.30. The first-order chi connectivity index (χ1) is 12.5. The molecule has 2 rings (SSSR count). The molecule has 0 atom stereocenters. The van der Waals surface area contributed by atoms with Crippen molar-refractivity contribution in [1.29, 1.82) is 5.26 Å². The molecule has 26 heavy (non-hydrogen) atoms. The minimum Gasteiger partial charge on any atom is -0.494 e. The van der Waals surface area contributed by atoms with E-state index in [1.54, 1.807) is 13.0 Å². The molecule has 1 N–H and O–H groups in total. The van der Waals surface area contributed by atoms with Gasteiger partial charge in [-0.25, -0.2) is 4.39 Å². The van der Waals surface area contributed by atoms with Gasteiger partial charge in [0.25, 0.3) is 5.91 Å². The monoisotopic (exact) mass is 422 g/mol. The van der Waals surface area contributed by atoms with E-state index in [9.17, 15) is 9.18 Å². The van der Waals surface area contributed by atoms with E-state index in [0.29, 0.717) is 28.1 Å². The van der Waals surface area contributed by atoms with E-state index in [0.717, 1.165) is 6.07 Å². The number of nitrogens with zero attached hydrogens (tertiary/aromatic N) is 1. The van der Waals surface area contributed by atoms with Gasteiger partial charge in [0, 0.05) is 17.8 Å². The second-order valence-corrected chi connectivity index (χ2v) is 5.87. The minimum atomic E-state index is -0.584. The molecule has 8 heteroatoms. The maximum absolute atomic E-state index is 13.7. The fourth-order valence-electron chi connectivity index (χ4n) is 2.11. The van der Waals surface area contributed by atoms with Gasteiger partial charge in [0.1, 0.15) is 0 Å². The van der Waals surface area contributed by atoms with Crippen molar-refractivity contribution in [2.45, 2.75) is 6.92 Å². The van der Waals surface area contributed by atoms with Gasteiger partial charge in [-0.3, -0.25) is 4.79 Å². The molecule has 0 heterocycles. The third-order valence-electron chi connectivity index (χ3n) is 3.22. The SMILES string of the molecule is CCOc1cc(C#N)cc(Br)c1OCC(=O)Nc1ccc(OC)c(F)c1. The second-order valence-electron chi connectivity index (χ2n) is 5.02. The molecular formula is C18H16BrFN2O4. The molecule has 0 aliphatic heterocycles. The lowest BCUT2D eigenvalue weighted by molar-refractivity contribution is -0.118. The van der Waals surface area contributed by atoms with Gasteiger partial charge in [-0.05, 0) is 41.1 Å². The summed E-state index contributed by atoms with van der Waals surface area (Å²) in [5, 5.41) is 11.5. The number of hydrogen-bond acceptors (Lipinski definition) is 5. The Morgan fingerprint density at radius 1 is 1.27 bits per heavy atom. The zero-order valence-corrected chi connectivity index (χ0v) is 15.7. The molecule has 2 aromatic carbocycles. The molecule has 0 aliphatic rings. The van der Waals surface area contributed by atoms with Gasteiger partial charge < -0.3 is 19.5 Å². The summed E-state index contributed by atoms with van der Waals surface area (Å²) in [5.41, 5.74) is 0.673. The van der Waals surface area contributed by atoms with E-state index in [1.165, 1.54) is 25.3 Å². The number of hydrogen-bond donors (Lipinski definition) is 1. The van der Waals surface area contributed by atoms with Crippen LogP contribution in [0, 0.1) is 17.1 Å². The van der Waals surface area contributed by atoms with Gasteiger partial charge in [-0.1, -0.05) is 0 Å². The minimum absolute atomic E-state index is 0.0853. The zero-order valence-electron chi connectivity index (χ0n) is 14.1. The molecule has 0 unspecified atom stereocenters. The highest BCUT2D eigenvalue weighted by atomic mass is 79.9. The first-order valence-electron chi connectivity index (χ1n) is 7.61. The summed E-state index contributed by atoms with van der Waals surface area (Å²) in [4.78, 5) is 12.1.